The van der Waals surface area contributed by atoms with E-state index in [2.05, 4.69) is 4.99 Å². The monoisotopic (exact) mass is 209 g/mol. The average molecular weight is 210 g/mol. The summed E-state index contributed by atoms with van der Waals surface area (Å²) in [6, 6.07) is 0. The third-order valence-corrected chi connectivity index (χ3v) is 2.03. The van der Waals surface area contributed by atoms with Gasteiger partial charge in [0.2, 0.25) is 0 Å². The fraction of sp³-hybridized carbons (Fsp3) is 0.375. The number of alkyl halides is 3. The Morgan fingerprint density at radius 2 is 2.00 bits per heavy atom. The summed E-state index contributed by atoms with van der Waals surface area (Å²) in [5.74, 6) is 0. The van der Waals surface area contributed by atoms with Gasteiger partial charge in [0.15, 0.2) is 0 Å². The normalized spacial score (nSPS) is 18.7. The molecule has 0 saturated carbocycles. The van der Waals surface area contributed by atoms with Crippen LogP contribution in [0.4, 0.5) is 13.2 Å². The highest BCUT2D eigenvalue weighted by molar-refractivity contribution is 6.69. The molecule has 0 spiro atoms. The van der Waals surface area contributed by atoms with E-state index in [1.807, 2.05) is 0 Å². The molecule has 0 saturated heterocycles. The Balaban J connectivity index is 2.96. The fourth-order valence-electron chi connectivity index (χ4n) is 0.810. The van der Waals surface area contributed by atoms with Crippen LogP contribution in [0.1, 0.15) is 6.92 Å². The van der Waals surface area contributed by atoms with Gasteiger partial charge in [0.1, 0.15) is 5.17 Å². The van der Waals surface area contributed by atoms with Crippen LogP contribution in [0.25, 0.3) is 0 Å². The van der Waals surface area contributed by atoms with Gasteiger partial charge in [-0.1, -0.05) is 23.8 Å². The first-order valence-corrected chi connectivity index (χ1v) is 3.94. The van der Waals surface area contributed by atoms with Crippen LogP contribution in [-0.4, -0.2) is 17.9 Å². The number of nitrogens with zero attached hydrogens (tertiary/aromatic N) is 1. The van der Waals surface area contributed by atoms with E-state index in [0.717, 1.165) is 6.08 Å². The first-order chi connectivity index (χ1) is 5.91. The molecular weight excluding hydrogens is 203 g/mol. The van der Waals surface area contributed by atoms with Gasteiger partial charge in [-0.05, 0) is 12.5 Å². The first kappa shape index (κ1) is 10.3. The molecule has 1 heterocycles. The van der Waals surface area contributed by atoms with E-state index < -0.39 is 18.3 Å². The van der Waals surface area contributed by atoms with Crippen LogP contribution in [-0.2, 0) is 0 Å². The molecule has 1 nitrogen and oxygen atoms in total. The number of rotatable bonds is 0. The second-order valence-corrected chi connectivity index (χ2v) is 3.00. The van der Waals surface area contributed by atoms with Crippen molar-refractivity contribution in [1.29, 1.82) is 0 Å². The summed E-state index contributed by atoms with van der Waals surface area (Å²) < 4.78 is 36.5. The lowest BCUT2D eigenvalue weighted by Gasteiger charge is -2.06. The molecule has 72 valence electrons. The van der Waals surface area contributed by atoms with Gasteiger partial charge >= 0.3 is 6.18 Å². The zero-order valence-corrected chi connectivity index (χ0v) is 7.58. The lowest BCUT2D eigenvalue weighted by molar-refractivity contribution is -0.0920. The van der Waals surface area contributed by atoms with Crippen molar-refractivity contribution in [1.82, 2.24) is 0 Å². The minimum absolute atomic E-state index is 0.135. The molecule has 1 aliphatic rings. The highest BCUT2D eigenvalue weighted by Gasteiger charge is 2.33. The maximum Gasteiger partial charge on any atom is 0.414 e. The third-order valence-electron chi connectivity index (χ3n) is 1.61. The summed E-state index contributed by atoms with van der Waals surface area (Å²) in [7, 11) is 0. The van der Waals surface area contributed by atoms with Crippen LogP contribution in [0.15, 0.2) is 28.3 Å². The van der Waals surface area contributed by atoms with Crippen molar-refractivity contribution in [3.05, 3.63) is 23.3 Å². The molecule has 5 heteroatoms. The molecule has 1 rings (SSSR count). The maximum absolute atomic E-state index is 12.2. The van der Waals surface area contributed by atoms with Gasteiger partial charge in [-0.2, -0.15) is 13.2 Å². The number of hydrogen-bond acceptors (Lipinski definition) is 1. The minimum atomic E-state index is -4.32. The maximum atomic E-state index is 12.2. The molecule has 0 aliphatic carbocycles. The number of halogens is 4. The Kier molecular flexibility index (Phi) is 2.81. The average Bonchev–Trinajstić information content (AvgIpc) is 2.14. The topological polar surface area (TPSA) is 12.4 Å². The third kappa shape index (κ3) is 2.59. The highest BCUT2D eigenvalue weighted by atomic mass is 35.5. The second kappa shape index (κ2) is 3.54. The van der Waals surface area contributed by atoms with E-state index in [9.17, 15) is 13.2 Å². The lowest BCUT2D eigenvalue weighted by Crippen LogP contribution is -2.14. The van der Waals surface area contributed by atoms with Crippen molar-refractivity contribution in [2.45, 2.75) is 13.1 Å². The zero-order valence-electron chi connectivity index (χ0n) is 6.82. The summed E-state index contributed by atoms with van der Waals surface area (Å²) in [5.41, 5.74) is -0.136. The number of allylic oxidation sites excluding steroid dienone is 3. The Labute approximate surface area is 78.6 Å². The van der Waals surface area contributed by atoms with Crippen LogP contribution in [0.5, 0.6) is 0 Å². The molecule has 0 amide bonds. The van der Waals surface area contributed by atoms with Crippen LogP contribution in [0.3, 0.4) is 0 Å². The van der Waals surface area contributed by atoms with Gasteiger partial charge in [0, 0.05) is 0 Å². The molecule has 1 aliphatic heterocycles. The van der Waals surface area contributed by atoms with Crippen molar-refractivity contribution in [3.8, 4) is 0 Å². The van der Waals surface area contributed by atoms with Gasteiger partial charge in [-0.3, -0.25) is 4.99 Å². The molecule has 0 unspecified atom stereocenters. The predicted octanol–water partition coefficient (Wildman–Crippen LogP) is 3.07. The van der Waals surface area contributed by atoms with Gasteiger partial charge < -0.3 is 0 Å². The molecule has 0 aromatic heterocycles. The summed E-state index contributed by atoms with van der Waals surface area (Å²) >= 11 is 5.57. The molecule has 0 fully saturated rings. The molecule has 0 aromatic carbocycles. The Morgan fingerprint density at radius 1 is 1.38 bits per heavy atom. The SMILES string of the molecule is CC1=CC=C(C(F)(F)F)CN=C1Cl. The van der Waals surface area contributed by atoms with Crippen LogP contribution in [0.2, 0.25) is 0 Å². The summed E-state index contributed by atoms with van der Waals surface area (Å²) in [5, 5.41) is 0.135. The lowest BCUT2D eigenvalue weighted by atomic mass is 10.2. The fourth-order valence-corrected chi connectivity index (χ4v) is 0.933. The zero-order chi connectivity index (χ0) is 10.1. The van der Waals surface area contributed by atoms with E-state index in [1.165, 1.54) is 6.08 Å². The molecule has 0 N–H and O–H groups in total. The molecule has 13 heavy (non-hydrogen) atoms. The summed E-state index contributed by atoms with van der Waals surface area (Å²) in [6.45, 7) is 1.21. The van der Waals surface area contributed by atoms with Crippen LogP contribution in [0, 0.1) is 0 Å². The van der Waals surface area contributed by atoms with E-state index >= 15 is 0 Å². The Morgan fingerprint density at radius 3 is 2.54 bits per heavy atom. The van der Waals surface area contributed by atoms with Crippen LogP contribution >= 0.6 is 11.6 Å². The number of aliphatic imine (C=N–C) groups is 1. The smallest absolute Gasteiger partial charge is 0.268 e. The van der Waals surface area contributed by atoms with Crippen molar-refractivity contribution in [2.75, 3.05) is 6.54 Å². The van der Waals surface area contributed by atoms with E-state index in [1.54, 1.807) is 6.92 Å². The quantitative estimate of drug-likeness (QED) is 0.582. The van der Waals surface area contributed by atoms with Crippen molar-refractivity contribution >= 4 is 16.8 Å². The minimum Gasteiger partial charge on any atom is -0.268 e. The number of hydrogen-bond donors (Lipinski definition) is 0. The largest absolute Gasteiger partial charge is 0.414 e. The molecule has 0 radical (unpaired) electrons. The highest BCUT2D eigenvalue weighted by Crippen LogP contribution is 2.27. The predicted molar refractivity (Wildman–Crippen MR) is 46.1 cm³/mol. The molecule has 0 bridgehead atoms. The first-order valence-electron chi connectivity index (χ1n) is 3.56. The van der Waals surface area contributed by atoms with Crippen molar-refractivity contribution < 1.29 is 13.2 Å². The Bertz CT molecular complexity index is 299. The molecular formula is C8H7ClF3N. The summed E-state index contributed by atoms with van der Waals surface area (Å²) in [4.78, 5) is 3.58. The Hall–Kier alpha value is -0.770. The van der Waals surface area contributed by atoms with E-state index in [-0.39, 0.29) is 5.17 Å². The molecule has 0 atom stereocenters. The molecule has 0 aromatic rings. The van der Waals surface area contributed by atoms with Gasteiger partial charge in [0.25, 0.3) is 0 Å². The van der Waals surface area contributed by atoms with E-state index in [4.69, 9.17) is 11.6 Å². The van der Waals surface area contributed by atoms with Gasteiger partial charge in [-0.25, -0.2) is 0 Å². The second-order valence-electron chi connectivity index (χ2n) is 2.65. The standard InChI is InChI=1S/C8H7ClF3N/c1-5-2-3-6(8(10,11)12)4-13-7(5)9/h2-3H,4H2,1H3. The van der Waals surface area contributed by atoms with E-state index in [0.29, 0.717) is 5.57 Å². The van der Waals surface area contributed by atoms with Crippen molar-refractivity contribution in [3.63, 3.8) is 0 Å². The van der Waals surface area contributed by atoms with Gasteiger partial charge in [0.05, 0.1) is 12.1 Å². The summed E-state index contributed by atoms with van der Waals surface area (Å²) in [6.07, 6.45) is -1.99. The van der Waals surface area contributed by atoms with Gasteiger partial charge in [-0.15, -0.1) is 0 Å². The van der Waals surface area contributed by atoms with Crippen LogP contribution < -0.4 is 0 Å². The van der Waals surface area contributed by atoms with Crippen molar-refractivity contribution in [2.24, 2.45) is 4.99 Å².